The second kappa shape index (κ2) is 5.26. The van der Waals surface area contributed by atoms with Crippen molar-refractivity contribution in [3.05, 3.63) is 32.9 Å². The van der Waals surface area contributed by atoms with E-state index in [4.69, 9.17) is 0 Å². The molecule has 1 fully saturated rings. The lowest BCUT2D eigenvalue weighted by Gasteiger charge is -2.12. The minimum atomic E-state index is -0.827. The number of carbonyl (C=O) groups excluding carboxylic acids is 1. The summed E-state index contributed by atoms with van der Waals surface area (Å²) in [6, 6.07) is 1.98. The molecule has 1 aromatic carbocycles. The first-order chi connectivity index (χ1) is 8.08. The van der Waals surface area contributed by atoms with Crippen LogP contribution in [0.25, 0.3) is 0 Å². The maximum atomic E-state index is 13.4. The molecule has 0 spiro atoms. The first-order valence-electron chi connectivity index (χ1n) is 5.24. The molecule has 0 bridgehead atoms. The molecule has 0 saturated carbocycles. The van der Waals surface area contributed by atoms with Crippen molar-refractivity contribution in [3.63, 3.8) is 0 Å². The molecule has 1 heterocycles. The van der Waals surface area contributed by atoms with E-state index in [0.717, 1.165) is 19.0 Å². The molecule has 0 radical (unpaired) electrons. The summed E-state index contributed by atoms with van der Waals surface area (Å²) in [5.74, 6) is -1.97. The van der Waals surface area contributed by atoms with Gasteiger partial charge in [-0.25, -0.2) is 8.78 Å². The molecular weight excluding hydrogens is 341 g/mol. The van der Waals surface area contributed by atoms with E-state index < -0.39 is 17.5 Å². The van der Waals surface area contributed by atoms with Crippen molar-refractivity contribution in [1.29, 1.82) is 0 Å². The lowest BCUT2D eigenvalue weighted by molar-refractivity contribution is 0.0936. The van der Waals surface area contributed by atoms with Gasteiger partial charge in [0.25, 0.3) is 5.91 Å². The van der Waals surface area contributed by atoms with Crippen molar-refractivity contribution in [2.75, 3.05) is 13.1 Å². The third-order valence-corrected chi connectivity index (χ3v) is 3.48. The Kier molecular flexibility index (Phi) is 3.93. The highest BCUT2D eigenvalue weighted by Gasteiger charge is 2.20. The van der Waals surface area contributed by atoms with Crippen molar-refractivity contribution < 1.29 is 13.6 Å². The fraction of sp³-hybridized carbons (Fsp3) is 0.364. The summed E-state index contributed by atoms with van der Waals surface area (Å²) in [6.45, 7) is 1.53. The van der Waals surface area contributed by atoms with Crippen LogP contribution in [0.4, 0.5) is 8.78 Å². The quantitative estimate of drug-likeness (QED) is 0.628. The molecule has 1 amide bonds. The average Bonchev–Trinajstić information content (AvgIpc) is 2.76. The van der Waals surface area contributed by atoms with E-state index in [-0.39, 0.29) is 15.2 Å². The molecule has 1 aliphatic heterocycles. The summed E-state index contributed by atoms with van der Waals surface area (Å²) in [7, 11) is 0. The largest absolute Gasteiger partial charge is 0.348 e. The summed E-state index contributed by atoms with van der Waals surface area (Å²) in [4.78, 5) is 11.8. The monoisotopic (exact) mass is 352 g/mol. The van der Waals surface area contributed by atoms with Gasteiger partial charge >= 0.3 is 0 Å². The Hall–Kier alpha value is -0.760. The van der Waals surface area contributed by atoms with Crippen molar-refractivity contribution in [2.45, 2.75) is 12.5 Å². The molecule has 2 N–H and O–H groups in total. The maximum Gasteiger partial charge on any atom is 0.254 e. The van der Waals surface area contributed by atoms with Gasteiger partial charge < -0.3 is 10.6 Å². The minimum Gasteiger partial charge on any atom is -0.348 e. The van der Waals surface area contributed by atoms with Crippen LogP contribution in [0.15, 0.2) is 12.1 Å². The van der Waals surface area contributed by atoms with Crippen molar-refractivity contribution >= 4 is 28.5 Å². The number of halogens is 3. The van der Waals surface area contributed by atoms with Crippen LogP contribution in [0.2, 0.25) is 0 Å². The van der Waals surface area contributed by atoms with Gasteiger partial charge in [-0.3, -0.25) is 4.79 Å². The Bertz CT molecular complexity index is 447. The smallest absolute Gasteiger partial charge is 0.254 e. The Balaban J connectivity index is 2.15. The SMILES string of the molecule is O=C(N[C@@H]1CCNC1)c1cc(I)c(F)cc1F. The number of carbonyl (C=O) groups is 1. The van der Waals surface area contributed by atoms with Crippen LogP contribution >= 0.6 is 22.6 Å². The van der Waals surface area contributed by atoms with Gasteiger partial charge in [0, 0.05) is 22.2 Å². The highest BCUT2D eigenvalue weighted by Crippen LogP contribution is 2.17. The molecule has 6 heteroatoms. The molecular formula is C11H11F2IN2O. The predicted octanol–water partition coefficient (Wildman–Crippen LogP) is 1.66. The maximum absolute atomic E-state index is 13.4. The van der Waals surface area contributed by atoms with Crippen molar-refractivity contribution in [2.24, 2.45) is 0 Å². The number of hydrogen-bond donors (Lipinski definition) is 2. The molecule has 1 aromatic rings. The van der Waals surface area contributed by atoms with Gasteiger partial charge in [-0.15, -0.1) is 0 Å². The van der Waals surface area contributed by atoms with Crippen LogP contribution in [0.3, 0.4) is 0 Å². The van der Waals surface area contributed by atoms with E-state index in [1.54, 1.807) is 22.6 Å². The van der Waals surface area contributed by atoms with E-state index in [0.29, 0.717) is 6.54 Å². The molecule has 17 heavy (non-hydrogen) atoms. The van der Waals surface area contributed by atoms with E-state index in [9.17, 15) is 13.6 Å². The van der Waals surface area contributed by atoms with Crippen LogP contribution in [0.5, 0.6) is 0 Å². The Morgan fingerprint density at radius 2 is 2.18 bits per heavy atom. The highest BCUT2D eigenvalue weighted by atomic mass is 127. The zero-order chi connectivity index (χ0) is 12.4. The van der Waals surface area contributed by atoms with Crippen LogP contribution in [-0.4, -0.2) is 25.0 Å². The van der Waals surface area contributed by atoms with Gasteiger partial charge in [0.05, 0.1) is 5.56 Å². The third-order valence-electron chi connectivity index (χ3n) is 2.65. The molecule has 0 aliphatic carbocycles. The van der Waals surface area contributed by atoms with E-state index >= 15 is 0 Å². The molecule has 0 unspecified atom stereocenters. The van der Waals surface area contributed by atoms with Gasteiger partial charge in [-0.2, -0.15) is 0 Å². The summed E-state index contributed by atoms with van der Waals surface area (Å²) in [6.07, 6.45) is 0.825. The summed E-state index contributed by atoms with van der Waals surface area (Å²) >= 11 is 1.73. The second-order valence-corrected chi connectivity index (χ2v) is 5.07. The molecule has 1 aliphatic rings. The average molecular weight is 352 g/mol. The highest BCUT2D eigenvalue weighted by molar-refractivity contribution is 14.1. The zero-order valence-electron chi connectivity index (χ0n) is 8.90. The third kappa shape index (κ3) is 2.92. The number of amides is 1. The number of benzene rings is 1. The summed E-state index contributed by atoms with van der Waals surface area (Å²) in [5, 5.41) is 5.81. The lowest BCUT2D eigenvalue weighted by Crippen LogP contribution is -2.36. The van der Waals surface area contributed by atoms with E-state index in [1.807, 2.05) is 0 Å². The van der Waals surface area contributed by atoms with Gasteiger partial charge in [0.2, 0.25) is 0 Å². The number of rotatable bonds is 2. The number of hydrogen-bond acceptors (Lipinski definition) is 2. The topological polar surface area (TPSA) is 41.1 Å². The molecule has 2 rings (SSSR count). The first-order valence-corrected chi connectivity index (χ1v) is 6.32. The predicted molar refractivity (Wildman–Crippen MR) is 67.8 cm³/mol. The Morgan fingerprint density at radius 3 is 2.82 bits per heavy atom. The fourth-order valence-corrected chi connectivity index (χ4v) is 2.20. The summed E-state index contributed by atoms with van der Waals surface area (Å²) in [5.41, 5.74) is -0.109. The Labute approximate surface area is 111 Å². The molecule has 0 aromatic heterocycles. The molecule has 1 atom stereocenters. The van der Waals surface area contributed by atoms with Gasteiger partial charge in [0.15, 0.2) is 0 Å². The standard InChI is InChI=1S/C11H11F2IN2O/c12-8-4-9(13)10(14)3-7(8)11(17)16-6-1-2-15-5-6/h3-4,6,15H,1-2,5H2,(H,16,17)/t6-/m1/s1. The molecule has 3 nitrogen and oxygen atoms in total. The zero-order valence-corrected chi connectivity index (χ0v) is 11.1. The van der Waals surface area contributed by atoms with Crippen LogP contribution < -0.4 is 10.6 Å². The van der Waals surface area contributed by atoms with Gasteiger partial charge in [0.1, 0.15) is 11.6 Å². The van der Waals surface area contributed by atoms with E-state index in [2.05, 4.69) is 10.6 Å². The van der Waals surface area contributed by atoms with Crippen LogP contribution in [0.1, 0.15) is 16.8 Å². The van der Waals surface area contributed by atoms with Crippen molar-refractivity contribution in [1.82, 2.24) is 10.6 Å². The van der Waals surface area contributed by atoms with E-state index in [1.165, 1.54) is 6.07 Å². The fourth-order valence-electron chi connectivity index (χ4n) is 1.74. The summed E-state index contributed by atoms with van der Waals surface area (Å²) < 4.78 is 26.7. The minimum absolute atomic E-state index is 0.0182. The van der Waals surface area contributed by atoms with Crippen LogP contribution in [-0.2, 0) is 0 Å². The second-order valence-electron chi connectivity index (χ2n) is 3.91. The lowest BCUT2D eigenvalue weighted by atomic mass is 10.1. The van der Waals surface area contributed by atoms with Crippen LogP contribution in [0, 0.1) is 15.2 Å². The Morgan fingerprint density at radius 1 is 1.41 bits per heavy atom. The number of nitrogens with one attached hydrogen (secondary N) is 2. The first kappa shape index (κ1) is 12.7. The van der Waals surface area contributed by atoms with Gasteiger partial charge in [-0.05, 0) is 41.6 Å². The van der Waals surface area contributed by atoms with Gasteiger partial charge in [-0.1, -0.05) is 0 Å². The molecule has 1 saturated heterocycles. The molecule has 92 valence electrons. The van der Waals surface area contributed by atoms with Crippen molar-refractivity contribution in [3.8, 4) is 0 Å². The normalized spacial score (nSPS) is 19.4.